The molecule has 0 aromatic heterocycles. The second-order valence-corrected chi connectivity index (χ2v) is 4.86. The minimum Gasteiger partial charge on any atom is -0.483 e. The minimum atomic E-state index is -0.305. The maximum Gasteiger partial charge on any atom is 0.276 e. The maximum atomic E-state index is 11.6. The van der Waals surface area contributed by atoms with E-state index < -0.39 is 0 Å². The molecule has 2 aromatic rings. The standard InChI is InChI=1S/C15H17N3O2S/c1-10-12-6-4-3-5-11(12)7-8-13(10)20-9-14(19)17-18-15(21)16-2/h3-8H,9H2,1-2H3,(H,17,19)(H2,16,18,21). The van der Waals surface area contributed by atoms with Crippen LogP contribution >= 0.6 is 12.2 Å². The number of aryl methyl sites for hydroxylation is 1. The van der Waals surface area contributed by atoms with Crippen LogP contribution in [-0.4, -0.2) is 24.7 Å². The Morgan fingerprint density at radius 1 is 1.19 bits per heavy atom. The zero-order valence-electron chi connectivity index (χ0n) is 11.9. The fourth-order valence-electron chi connectivity index (χ4n) is 1.93. The summed E-state index contributed by atoms with van der Waals surface area (Å²) in [6.07, 6.45) is 0. The number of hydrogen-bond acceptors (Lipinski definition) is 3. The Labute approximate surface area is 128 Å². The predicted molar refractivity (Wildman–Crippen MR) is 87.1 cm³/mol. The average molecular weight is 303 g/mol. The monoisotopic (exact) mass is 303 g/mol. The van der Waals surface area contributed by atoms with Crippen molar-refractivity contribution in [1.82, 2.24) is 16.2 Å². The van der Waals surface area contributed by atoms with Gasteiger partial charge < -0.3 is 10.1 Å². The molecule has 0 unspecified atom stereocenters. The predicted octanol–water partition coefficient (Wildman–Crippen LogP) is 1.65. The largest absolute Gasteiger partial charge is 0.483 e. The number of thiocarbonyl (C=S) groups is 1. The number of rotatable bonds is 3. The highest BCUT2D eigenvalue weighted by Crippen LogP contribution is 2.26. The Morgan fingerprint density at radius 3 is 2.71 bits per heavy atom. The summed E-state index contributed by atoms with van der Waals surface area (Å²) in [4.78, 5) is 11.6. The first kappa shape index (κ1) is 15.1. The Bertz CT molecular complexity index is 673. The zero-order chi connectivity index (χ0) is 15.2. The molecule has 0 saturated heterocycles. The molecule has 5 nitrogen and oxygen atoms in total. The molecule has 110 valence electrons. The molecule has 6 heteroatoms. The lowest BCUT2D eigenvalue weighted by Crippen LogP contribution is -2.47. The molecular formula is C15H17N3O2S. The molecule has 0 heterocycles. The molecule has 0 radical (unpaired) electrons. The molecule has 2 rings (SSSR count). The van der Waals surface area contributed by atoms with Crippen LogP contribution in [0.5, 0.6) is 5.75 Å². The van der Waals surface area contributed by atoms with Crippen LogP contribution in [0.4, 0.5) is 0 Å². The van der Waals surface area contributed by atoms with Crippen LogP contribution in [0.1, 0.15) is 5.56 Å². The lowest BCUT2D eigenvalue weighted by Gasteiger charge is -2.12. The molecule has 0 atom stereocenters. The van der Waals surface area contributed by atoms with Crippen molar-refractivity contribution in [2.45, 2.75) is 6.92 Å². The number of ether oxygens (including phenoxy) is 1. The van der Waals surface area contributed by atoms with E-state index in [9.17, 15) is 4.79 Å². The van der Waals surface area contributed by atoms with Gasteiger partial charge in [0.05, 0.1) is 0 Å². The third kappa shape index (κ3) is 3.82. The molecule has 0 spiro atoms. The fourth-order valence-corrected chi connectivity index (χ4v) is 1.98. The van der Waals surface area contributed by atoms with Gasteiger partial charge in [0.2, 0.25) is 0 Å². The second-order valence-electron chi connectivity index (χ2n) is 4.45. The third-order valence-electron chi connectivity index (χ3n) is 3.05. The molecular weight excluding hydrogens is 286 g/mol. The van der Waals surface area contributed by atoms with Gasteiger partial charge in [-0.1, -0.05) is 30.3 Å². The van der Waals surface area contributed by atoms with Crippen molar-refractivity contribution in [3.05, 3.63) is 42.0 Å². The van der Waals surface area contributed by atoms with E-state index in [-0.39, 0.29) is 12.5 Å². The Hall–Kier alpha value is -2.34. The molecule has 0 fully saturated rings. The van der Waals surface area contributed by atoms with Gasteiger partial charge in [-0.05, 0) is 41.5 Å². The van der Waals surface area contributed by atoms with E-state index in [2.05, 4.69) is 16.2 Å². The number of carbonyl (C=O) groups excluding carboxylic acids is 1. The van der Waals surface area contributed by atoms with Gasteiger partial charge in [-0.25, -0.2) is 0 Å². The third-order valence-corrected chi connectivity index (χ3v) is 3.36. The quantitative estimate of drug-likeness (QED) is 0.594. The van der Waals surface area contributed by atoms with E-state index in [1.54, 1.807) is 7.05 Å². The number of hydrazine groups is 1. The van der Waals surface area contributed by atoms with Crippen LogP contribution in [-0.2, 0) is 4.79 Å². The number of benzene rings is 2. The summed E-state index contributed by atoms with van der Waals surface area (Å²) >= 11 is 4.85. The average Bonchev–Trinajstić information content (AvgIpc) is 2.52. The zero-order valence-corrected chi connectivity index (χ0v) is 12.7. The summed E-state index contributed by atoms with van der Waals surface area (Å²) in [6, 6.07) is 11.9. The van der Waals surface area contributed by atoms with Gasteiger partial charge in [0.1, 0.15) is 5.75 Å². The highest BCUT2D eigenvalue weighted by atomic mass is 32.1. The van der Waals surface area contributed by atoms with Gasteiger partial charge in [-0.15, -0.1) is 0 Å². The first-order chi connectivity index (χ1) is 10.1. The van der Waals surface area contributed by atoms with Crippen molar-refractivity contribution in [2.75, 3.05) is 13.7 Å². The maximum absolute atomic E-state index is 11.6. The van der Waals surface area contributed by atoms with E-state index in [1.165, 1.54) is 0 Å². The molecule has 3 N–H and O–H groups in total. The van der Waals surface area contributed by atoms with Crippen molar-refractivity contribution in [1.29, 1.82) is 0 Å². The smallest absolute Gasteiger partial charge is 0.276 e. The number of carbonyl (C=O) groups is 1. The molecule has 0 aliphatic heterocycles. The summed E-state index contributed by atoms with van der Waals surface area (Å²) in [6.45, 7) is 1.89. The number of fused-ring (bicyclic) bond motifs is 1. The van der Waals surface area contributed by atoms with E-state index >= 15 is 0 Å². The molecule has 0 saturated carbocycles. The fraction of sp³-hybridized carbons (Fsp3) is 0.200. The van der Waals surface area contributed by atoms with Crippen molar-refractivity contribution >= 4 is 34.0 Å². The van der Waals surface area contributed by atoms with Crippen LogP contribution in [0.25, 0.3) is 10.8 Å². The van der Waals surface area contributed by atoms with Crippen molar-refractivity contribution in [3.63, 3.8) is 0 Å². The summed E-state index contributed by atoms with van der Waals surface area (Å²) in [7, 11) is 1.66. The van der Waals surface area contributed by atoms with Gasteiger partial charge in [0.25, 0.3) is 5.91 Å². The Morgan fingerprint density at radius 2 is 1.95 bits per heavy atom. The van der Waals surface area contributed by atoms with Gasteiger partial charge in [0.15, 0.2) is 11.7 Å². The normalized spacial score (nSPS) is 10.0. The van der Waals surface area contributed by atoms with Crippen molar-refractivity contribution < 1.29 is 9.53 Å². The van der Waals surface area contributed by atoms with Crippen LogP contribution in [0.15, 0.2) is 36.4 Å². The van der Waals surface area contributed by atoms with Gasteiger partial charge >= 0.3 is 0 Å². The lowest BCUT2D eigenvalue weighted by molar-refractivity contribution is -0.123. The van der Waals surface area contributed by atoms with Crippen LogP contribution in [0, 0.1) is 6.92 Å². The summed E-state index contributed by atoms with van der Waals surface area (Å²) in [5.41, 5.74) is 6.01. The first-order valence-electron chi connectivity index (χ1n) is 6.49. The van der Waals surface area contributed by atoms with E-state index in [4.69, 9.17) is 17.0 Å². The number of hydrogen-bond donors (Lipinski definition) is 3. The molecule has 1 amide bonds. The Balaban J connectivity index is 1.99. The van der Waals surface area contributed by atoms with E-state index in [0.29, 0.717) is 10.9 Å². The highest BCUT2D eigenvalue weighted by molar-refractivity contribution is 7.80. The molecule has 2 aromatic carbocycles. The van der Waals surface area contributed by atoms with E-state index in [1.807, 2.05) is 43.3 Å². The van der Waals surface area contributed by atoms with Crippen LogP contribution < -0.4 is 20.9 Å². The molecule has 0 aliphatic rings. The highest BCUT2D eigenvalue weighted by Gasteiger charge is 2.07. The number of amides is 1. The lowest BCUT2D eigenvalue weighted by atomic mass is 10.0. The van der Waals surface area contributed by atoms with Crippen molar-refractivity contribution in [3.8, 4) is 5.75 Å². The van der Waals surface area contributed by atoms with Crippen molar-refractivity contribution in [2.24, 2.45) is 0 Å². The molecule has 0 bridgehead atoms. The van der Waals surface area contributed by atoms with Gasteiger partial charge in [0, 0.05) is 7.05 Å². The van der Waals surface area contributed by atoms with Gasteiger partial charge in [-0.2, -0.15) is 0 Å². The first-order valence-corrected chi connectivity index (χ1v) is 6.90. The summed E-state index contributed by atoms with van der Waals surface area (Å²) in [5.74, 6) is 0.389. The summed E-state index contributed by atoms with van der Waals surface area (Å²) in [5, 5.41) is 5.29. The SMILES string of the molecule is CNC(=S)NNC(=O)COc1ccc2ccccc2c1C. The summed E-state index contributed by atoms with van der Waals surface area (Å²) < 4.78 is 5.56. The molecule has 0 aliphatic carbocycles. The Kier molecular flexibility index (Phi) is 4.94. The number of nitrogens with one attached hydrogen (secondary N) is 3. The van der Waals surface area contributed by atoms with Gasteiger partial charge in [-0.3, -0.25) is 15.6 Å². The molecule has 21 heavy (non-hydrogen) atoms. The van der Waals surface area contributed by atoms with E-state index in [0.717, 1.165) is 16.3 Å². The van der Waals surface area contributed by atoms with Crippen LogP contribution in [0.2, 0.25) is 0 Å². The second kappa shape index (κ2) is 6.90. The topological polar surface area (TPSA) is 62.4 Å². The minimum absolute atomic E-state index is 0.0848. The van der Waals surface area contributed by atoms with Crippen LogP contribution in [0.3, 0.4) is 0 Å².